The zero-order valence-corrected chi connectivity index (χ0v) is 14.5. The molecule has 2 nitrogen and oxygen atoms in total. The molecule has 116 valence electrons. The SMILES string of the molecule is Cc1cccc(CSCCCNC(=S)Nc2ccccc2)c1. The number of aryl methyl sites for hydroxylation is 1. The van der Waals surface area contributed by atoms with Gasteiger partial charge in [0, 0.05) is 18.0 Å². The number of thiocarbonyl (C=S) groups is 1. The molecule has 2 aromatic carbocycles. The van der Waals surface area contributed by atoms with Gasteiger partial charge in [-0.25, -0.2) is 0 Å². The highest BCUT2D eigenvalue weighted by molar-refractivity contribution is 7.98. The number of rotatable bonds is 7. The van der Waals surface area contributed by atoms with Gasteiger partial charge in [0.1, 0.15) is 0 Å². The van der Waals surface area contributed by atoms with E-state index < -0.39 is 0 Å². The third-order valence-electron chi connectivity index (χ3n) is 3.13. The summed E-state index contributed by atoms with van der Waals surface area (Å²) in [5, 5.41) is 7.11. The summed E-state index contributed by atoms with van der Waals surface area (Å²) < 4.78 is 0. The van der Waals surface area contributed by atoms with Gasteiger partial charge in [0.15, 0.2) is 5.11 Å². The van der Waals surface area contributed by atoms with Crippen molar-refractivity contribution < 1.29 is 0 Å². The second-order valence-corrected chi connectivity index (χ2v) is 6.66. The summed E-state index contributed by atoms with van der Waals surface area (Å²) >= 11 is 7.24. The van der Waals surface area contributed by atoms with Gasteiger partial charge in [-0.1, -0.05) is 48.0 Å². The van der Waals surface area contributed by atoms with Crippen molar-refractivity contribution in [1.29, 1.82) is 0 Å². The maximum atomic E-state index is 5.28. The Kier molecular flexibility index (Phi) is 7.26. The average Bonchev–Trinajstić information content (AvgIpc) is 2.52. The molecule has 0 spiro atoms. The fraction of sp³-hybridized carbons (Fsp3) is 0.278. The van der Waals surface area contributed by atoms with Crippen LogP contribution in [0.2, 0.25) is 0 Å². The van der Waals surface area contributed by atoms with Gasteiger partial charge in [0.05, 0.1) is 0 Å². The van der Waals surface area contributed by atoms with Crippen molar-refractivity contribution in [3.63, 3.8) is 0 Å². The van der Waals surface area contributed by atoms with E-state index in [9.17, 15) is 0 Å². The number of benzene rings is 2. The summed E-state index contributed by atoms with van der Waals surface area (Å²) in [4.78, 5) is 0. The normalized spacial score (nSPS) is 10.2. The van der Waals surface area contributed by atoms with Crippen LogP contribution in [-0.2, 0) is 5.75 Å². The lowest BCUT2D eigenvalue weighted by molar-refractivity contribution is 0.854. The molecule has 22 heavy (non-hydrogen) atoms. The molecule has 0 aromatic heterocycles. The smallest absolute Gasteiger partial charge is 0.170 e. The van der Waals surface area contributed by atoms with Crippen molar-refractivity contribution in [2.24, 2.45) is 0 Å². The molecule has 0 saturated carbocycles. The van der Waals surface area contributed by atoms with Gasteiger partial charge in [-0.15, -0.1) is 0 Å². The molecule has 0 aliphatic rings. The first-order chi connectivity index (χ1) is 10.7. The van der Waals surface area contributed by atoms with E-state index in [1.165, 1.54) is 11.1 Å². The number of para-hydroxylation sites is 1. The average molecular weight is 331 g/mol. The van der Waals surface area contributed by atoms with Crippen LogP contribution in [0.4, 0.5) is 5.69 Å². The third-order valence-corrected chi connectivity index (χ3v) is 4.50. The van der Waals surface area contributed by atoms with E-state index in [-0.39, 0.29) is 0 Å². The number of hydrogen-bond donors (Lipinski definition) is 2. The van der Waals surface area contributed by atoms with Gasteiger partial charge in [0.25, 0.3) is 0 Å². The summed E-state index contributed by atoms with van der Waals surface area (Å²) in [7, 11) is 0. The summed E-state index contributed by atoms with van der Waals surface area (Å²) in [5.41, 5.74) is 3.75. The molecular formula is C18H22N2S2. The molecule has 0 bridgehead atoms. The van der Waals surface area contributed by atoms with E-state index in [0.717, 1.165) is 30.2 Å². The molecule has 4 heteroatoms. The zero-order chi connectivity index (χ0) is 15.6. The number of thioether (sulfide) groups is 1. The van der Waals surface area contributed by atoms with Crippen LogP contribution in [0.5, 0.6) is 0 Å². The van der Waals surface area contributed by atoms with Crippen molar-refractivity contribution in [3.8, 4) is 0 Å². The molecule has 0 amide bonds. The van der Waals surface area contributed by atoms with Crippen molar-refractivity contribution in [2.45, 2.75) is 19.1 Å². The van der Waals surface area contributed by atoms with Crippen LogP contribution in [0.15, 0.2) is 54.6 Å². The molecule has 2 aromatic rings. The van der Waals surface area contributed by atoms with Crippen LogP contribution in [0.25, 0.3) is 0 Å². The van der Waals surface area contributed by atoms with Crippen molar-refractivity contribution in [2.75, 3.05) is 17.6 Å². The summed E-state index contributed by atoms with van der Waals surface area (Å²) in [6.45, 7) is 3.04. The number of nitrogens with one attached hydrogen (secondary N) is 2. The summed E-state index contributed by atoms with van der Waals surface area (Å²) in [6, 6.07) is 18.7. The van der Waals surface area contributed by atoms with Crippen LogP contribution in [0.3, 0.4) is 0 Å². The lowest BCUT2D eigenvalue weighted by Crippen LogP contribution is -2.29. The fourth-order valence-corrected chi connectivity index (χ4v) is 3.19. The highest BCUT2D eigenvalue weighted by atomic mass is 32.2. The summed E-state index contributed by atoms with van der Waals surface area (Å²) in [5.74, 6) is 2.21. The third kappa shape index (κ3) is 6.50. The first-order valence-electron chi connectivity index (χ1n) is 7.47. The van der Waals surface area contributed by atoms with E-state index in [4.69, 9.17) is 12.2 Å². The molecule has 0 heterocycles. The van der Waals surface area contributed by atoms with Crippen LogP contribution in [-0.4, -0.2) is 17.4 Å². The van der Waals surface area contributed by atoms with E-state index in [2.05, 4.69) is 41.8 Å². The molecule has 0 unspecified atom stereocenters. The lowest BCUT2D eigenvalue weighted by atomic mass is 10.2. The molecule has 0 aliphatic carbocycles. The van der Waals surface area contributed by atoms with Gasteiger partial charge >= 0.3 is 0 Å². The predicted octanol–water partition coefficient (Wildman–Crippen LogP) is 4.60. The first kappa shape index (κ1) is 16.8. The second-order valence-electron chi connectivity index (χ2n) is 5.14. The molecule has 0 fully saturated rings. The number of hydrogen-bond acceptors (Lipinski definition) is 2. The predicted molar refractivity (Wildman–Crippen MR) is 103 cm³/mol. The molecule has 0 radical (unpaired) electrons. The maximum absolute atomic E-state index is 5.28. The molecule has 2 N–H and O–H groups in total. The fourth-order valence-electron chi connectivity index (χ4n) is 2.06. The molecular weight excluding hydrogens is 308 g/mol. The minimum atomic E-state index is 0.690. The van der Waals surface area contributed by atoms with Crippen LogP contribution >= 0.6 is 24.0 Å². The highest BCUT2D eigenvalue weighted by Gasteiger charge is 1.97. The van der Waals surface area contributed by atoms with Gasteiger partial charge in [-0.3, -0.25) is 0 Å². The maximum Gasteiger partial charge on any atom is 0.170 e. The van der Waals surface area contributed by atoms with Gasteiger partial charge in [-0.05, 0) is 49.0 Å². The minimum Gasteiger partial charge on any atom is -0.362 e. The Morgan fingerprint density at radius 2 is 1.91 bits per heavy atom. The highest BCUT2D eigenvalue weighted by Crippen LogP contribution is 2.14. The standard InChI is InChI=1S/C18H22N2S2/c1-15-7-5-8-16(13-15)14-22-12-6-11-19-18(21)20-17-9-3-2-4-10-17/h2-5,7-10,13H,6,11-12,14H2,1H3,(H2,19,20,21). The first-order valence-corrected chi connectivity index (χ1v) is 9.03. The molecule has 0 aliphatic heterocycles. The van der Waals surface area contributed by atoms with Gasteiger partial charge in [-0.2, -0.15) is 11.8 Å². The van der Waals surface area contributed by atoms with E-state index in [1.807, 2.05) is 42.1 Å². The Morgan fingerprint density at radius 1 is 1.09 bits per heavy atom. The zero-order valence-electron chi connectivity index (χ0n) is 12.8. The van der Waals surface area contributed by atoms with E-state index in [0.29, 0.717) is 5.11 Å². The van der Waals surface area contributed by atoms with Crippen LogP contribution in [0, 0.1) is 6.92 Å². The van der Waals surface area contributed by atoms with Crippen molar-refractivity contribution >= 4 is 34.8 Å². The second kappa shape index (κ2) is 9.49. The summed E-state index contributed by atoms with van der Waals surface area (Å²) in [6.07, 6.45) is 1.10. The Balaban J connectivity index is 1.55. The van der Waals surface area contributed by atoms with Gasteiger partial charge in [0.2, 0.25) is 0 Å². The Bertz CT molecular complexity index is 585. The monoisotopic (exact) mass is 330 g/mol. The molecule has 0 saturated heterocycles. The lowest BCUT2D eigenvalue weighted by Gasteiger charge is -2.10. The molecule has 0 atom stereocenters. The van der Waals surface area contributed by atoms with Crippen molar-refractivity contribution in [1.82, 2.24) is 5.32 Å². The topological polar surface area (TPSA) is 24.1 Å². The van der Waals surface area contributed by atoms with Crippen LogP contribution < -0.4 is 10.6 Å². The quantitative estimate of drug-likeness (QED) is 0.572. The van der Waals surface area contributed by atoms with E-state index in [1.54, 1.807) is 0 Å². The molecule has 2 rings (SSSR count). The largest absolute Gasteiger partial charge is 0.362 e. The number of anilines is 1. The minimum absolute atomic E-state index is 0.690. The Morgan fingerprint density at radius 3 is 2.68 bits per heavy atom. The van der Waals surface area contributed by atoms with Gasteiger partial charge < -0.3 is 10.6 Å². The Labute approximate surface area is 142 Å². The Hall–Kier alpha value is -1.52. The van der Waals surface area contributed by atoms with Crippen LogP contribution in [0.1, 0.15) is 17.5 Å². The van der Waals surface area contributed by atoms with E-state index >= 15 is 0 Å². The van der Waals surface area contributed by atoms with Crippen molar-refractivity contribution in [3.05, 3.63) is 65.7 Å².